The highest BCUT2D eigenvalue weighted by Gasteiger charge is 2.23. The van der Waals surface area contributed by atoms with Crippen molar-refractivity contribution in [1.29, 1.82) is 5.41 Å². The maximum absolute atomic E-state index is 9.08. The number of nitrogens with one attached hydrogen (secondary N) is 2. The molecule has 0 radical (unpaired) electrons. The first-order valence-corrected chi connectivity index (χ1v) is 16.6. The van der Waals surface area contributed by atoms with Gasteiger partial charge in [0.15, 0.2) is 0 Å². The van der Waals surface area contributed by atoms with E-state index in [9.17, 15) is 0 Å². The van der Waals surface area contributed by atoms with Crippen LogP contribution in [0.3, 0.4) is 0 Å². The fourth-order valence-electron chi connectivity index (χ4n) is 8.50. The minimum atomic E-state index is 0.451. The Morgan fingerprint density at radius 2 is 1.36 bits per heavy atom. The van der Waals surface area contributed by atoms with Crippen LogP contribution < -0.4 is 0 Å². The van der Waals surface area contributed by atoms with Gasteiger partial charge in [0.2, 0.25) is 0 Å². The smallest absolute Gasteiger partial charge is 0.130 e. The number of aromatic amines is 1. The van der Waals surface area contributed by atoms with Crippen LogP contribution in [0.2, 0.25) is 0 Å². The van der Waals surface area contributed by atoms with Gasteiger partial charge < -0.3 is 4.98 Å². The number of nitrogens with zero attached hydrogens (tertiary/aromatic N) is 1. The van der Waals surface area contributed by atoms with Crippen molar-refractivity contribution in [3.63, 3.8) is 0 Å². The summed E-state index contributed by atoms with van der Waals surface area (Å²) in [5.41, 5.74) is 16.3. The molecule has 47 heavy (non-hydrogen) atoms. The molecule has 2 aliphatic rings. The van der Waals surface area contributed by atoms with Crippen LogP contribution in [0.15, 0.2) is 121 Å². The van der Waals surface area contributed by atoms with Gasteiger partial charge in [0.05, 0.1) is 11.0 Å². The molecule has 2 N–H and O–H groups in total. The molecule has 224 valence electrons. The Hall–Kier alpha value is -5.67. The van der Waals surface area contributed by atoms with Gasteiger partial charge in [0.25, 0.3) is 0 Å². The highest BCUT2D eigenvalue weighted by Crippen LogP contribution is 2.43. The molecule has 8 aromatic rings. The van der Waals surface area contributed by atoms with Gasteiger partial charge >= 0.3 is 0 Å². The summed E-state index contributed by atoms with van der Waals surface area (Å²) in [7, 11) is 0. The number of aromatic nitrogens is 2. The van der Waals surface area contributed by atoms with Crippen molar-refractivity contribution in [3.8, 4) is 22.3 Å². The Balaban J connectivity index is 1.15. The lowest BCUT2D eigenvalue weighted by Crippen LogP contribution is -2.09. The number of H-pyrrole nitrogens is 1. The SMILES string of the molecule is C=C/C(C)=C\C(=N)n1c2ccccc2c2cc3c(cc21)-c1cc2[nH]c4ccc(-c5ccc6c7c(cccc57)CC6)cc4c2cc1CC3. The van der Waals surface area contributed by atoms with E-state index in [-0.39, 0.29) is 0 Å². The lowest BCUT2D eigenvalue weighted by atomic mass is 9.84. The van der Waals surface area contributed by atoms with Gasteiger partial charge in [-0.25, -0.2) is 0 Å². The van der Waals surface area contributed by atoms with Gasteiger partial charge in [-0.2, -0.15) is 0 Å². The molecular formula is C44H33N3. The summed E-state index contributed by atoms with van der Waals surface area (Å²) in [5, 5.41) is 16.9. The van der Waals surface area contributed by atoms with Crippen molar-refractivity contribution in [2.45, 2.75) is 32.6 Å². The standard InChI is InChI=1S/C44H33N3/c1-3-25(2)19-43(45)47-41-10-5-4-8-32(41)38-22-30-14-13-29-21-37-36-20-28(31-17-15-27-12-11-26-7-6-9-33(31)44(26)27)16-18-39(36)46-40(37)23-34(29)35(30)24-42(38)47/h3-10,15-24,45-46H,1,11-14H2,2H3/b25-19-,45-43?. The molecule has 0 saturated carbocycles. The Morgan fingerprint density at radius 3 is 2.21 bits per heavy atom. The van der Waals surface area contributed by atoms with Crippen molar-refractivity contribution < 1.29 is 0 Å². The predicted octanol–water partition coefficient (Wildman–Crippen LogP) is 11.1. The summed E-state index contributed by atoms with van der Waals surface area (Å²) in [5.74, 6) is 0.451. The zero-order valence-electron chi connectivity index (χ0n) is 26.4. The third-order valence-corrected chi connectivity index (χ3v) is 10.8. The second kappa shape index (κ2) is 9.67. The largest absolute Gasteiger partial charge is 0.354 e. The van der Waals surface area contributed by atoms with Crippen LogP contribution in [0.5, 0.6) is 0 Å². The van der Waals surface area contributed by atoms with E-state index in [1.807, 2.05) is 19.1 Å². The van der Waals surface area contributed by atoms with E-state index >= 15 is 0 Å². The zero-order chi connectivity index (χ0) is 31.4. The lowest BCUT2D eigenvalue weighted by molar-refractivity contribution is 0.946. The lowest BCUT2D eigenvalue weighted by Gasteiger charge is -2.21. The molecular weight excluding hydrogens is 571 g/mol. The van der Waals surface area contributed by atoms with Gasteiger partial charge in [-0.15, -0.1) is 0 Å². The summed E-state index contributed by atoms with van der Waals surface area (Å²) < 4.78 is 2.09. The first-order valence-electron chi connectivity index (χ1n) is 16.6. The molecule has 0 aliphatic heterocycles. The third kappa shape index (κ3) is 3.77. The van der Waals surface area contributed by atoms with Crippen LogP contribution in [-0.4, -0.2) is 15.4 Å². The molecule has 0 atom stereocenters. The summed E-state index contributed by atoms with van der Waals surface area (Å²) in [6, 6.07) is 36.4. The molecule has 2 aliphatic carbocycles. The van der Waals surface area contributed by atoms with Crippen molar-refractivity contribution in [1.82, 2.24) is 9.55 Å². The topological polar surface area (TPSA) is 44.6 Å². The normalized spacial score (nSPS) is 14.0. The van der Waals surface area contributed by atoms with E-state index in [1.165, 1.54) is 87.9 Å². The molecule has 10 rings (SSSR count). The number of fused-ring (bicyclic) bond motifs is 9. The van der Waals surface area contributed by atoms with Crippen LogP contribution in [0.1, 0.15) is 29.2 Å². The number of para-hydroxylation sites is 1. The average Bonchev–Trinajstić information content (AvgIpc) is 3.78. The molecule has 2 aromatic heterocycles. The number of aryl methyl sites for hydroxylation is 4. The van der Waals surface area contributed by atoms with Gasteiger partial charge in [-0.1, -0.05) is 67.3 Å². The highest BCUT2D eigenvalue weighted by atomic mass is 15.0. The maximum Gasteiger partial charge on any atom is 0.130 e. The van der Waals surface area contributed by atoms with Crippen LogP contribution in [0.4, 0.5) is 0 Å². The van der Waals surface area contributed by atoms with Crippen LogP contribution in [0.25, 0.3) is 76.6 Å². The van der Waals surface area contributed by atoms with E-state index in [1.54, 1.807) is 0 Å². The monoisotopic (exact) mass is 603 g/mol. The minimum absolute atomic E-state index is 0.451. The molecule has 6 aromatic carbocycles. The highest BCUT2D eigenvalue weighted by molar-refractivity contribution is 6.17. The summed E-state index contributed by atoms with van der Waals surface area (Å²) in [4.78, 5) is 3.76. The average molecular weight is 604 g/mol. The molecule has 2 heterocycles. The Kier molecular flexibility index (Phi) is 5.46. The Bertz CT molecular complexity index is 2720. The molecule has 0 spiro atoms. The number of rotatable bonds is 3. The van der Waals surface area contributed by atoms with Gasteiger partial charge in [-0.3, -0.25) is 9.98 Å². The number of hydrogen-bond acceptors (Lipinski definition) is 1. The van der Waals surface area contributed by atoms with Gasteiger partial charge in [-0.05, 0) is 142 Å². The first-order chi connectivity index (χ1) is 23.1. The minimum Gasteiger partial charge on any atom is -0.354 e. The van der Waals surface area contributed by atoms with Gasteiger partial charge in [0.1, 0.15) is 5.84 Å². The van der Waals surface area contributed by atoms with E-state index in [2.05, 4.69) is 113 Å². The quantitative estimate of drug-likeness (QED) is 0.115. The van der Waals surface area contributed by atoms with E-state index < -0.39 is 0 Å². The Labute approximate surface area is 273 Å². The van der Waals surface area contributed by atoms with Crippen LogP contribution in [0, 0.1) is 5.41 Å². The summed E-state index contributed by atoms with van der Waals surface area (Å²) in [6.45, 7) is 5.90. The van der Waals surface area contributed by atoms with Crippen molar-refractivity contribution in [2.75, 3.05) is 0 Å². The van der Waals surface area contributed by atoms with Crippen molar-refractivity contribution in [2.24, 2.45) is 0 Å². The zero-order valence-corrected chi connectivity index (χ0v) is 26.4. The number of benzene rings is 6. The van der Waals surface area contributed by atoms with Crippen molar-refractivity contribution >= 4 is 60.2 Å². The fourth-order valence-corrected chi connectivity index (χ4v) is 8.50. The number of hydrogen-bond donors (Lipinski definition) is 2. The molecule has 3 heteroatoms. The molecule has 0 fully saturated rings. The fraction of sp³-hybridized carbons (Fsp3) is 0.114. The van der Waals surface area contributed by atoms with E-state index in [4.69, 9.17) is 5.41 Å². The molecule has 0 saturated heterocycles. The maximum atomic E-state index is 9.08. The van der Waals surface area contributed by atoms with Crippen LogP contribution >= 0.6 is 0 Å². The van der Waals surface area contributed by atoms with E-state index in [0.29, 0.717) is 5.84 Å². The predicted molar refractivity (Wildman–Crippen MR) is 199 cm³/mol. The second-order valence-electron chi connectivity index (χ2n) is 13.4. The number of allylic oxidation sites excluding steroid dienone is 3. The molecule has 3 nitrogen and oxygen atoms in total. The molecule has 0 unspecified atom stereocenters. The Morgan fingerprint density at radius 1 is 0.638 bits per heavy atom. The van der Waals surface area contributed by atoms with Crippen LogP contribution in [-0.2, 0) is 25.7 Å². The summed E-state index contributed by atoms with van der Waals surface area (Å²) >= 11 is 0. The molecule has 0 amide bonds. The van der Waals surface area contributed by atoms with E-state index in [0.717, 1.165) is 42.3 Å². The van der Waals surface area contributed by atoms with Gasteiger partial charge in [0, 0.05) is 32.6 Å². The first kappa shape index (κ1) is 26.5. The second-order valence-corrected chi connectivity index (χ2v) is 13.4. The third-order valence-electron chi connectivity index (χ3n) is 10.8. The van der Waals surface area contributed by atoms with Crippen molar-refractivity contribution in [3.05, 3.63) is 144 Å². The molecule has 0 bridgehead atoms. The summed E-state index contributed by atoms with van der Waals surface area (Å²) in [6.07, 6.45) is 8.02.